The van der Waals surface area contributed by atoms with Gasteiger partial charge in [0.1, 0.15) is 0 Å². The lowest BCUT2D eigenvalue weighted by molar-refractivity contribution is -0.132. The minimum Gasteiger partial charge on any atom is -0.340 e. The molecule has 1 aromatic heterocycles. The summed E-state index contributed by atoms with van der Waals surface area (Å²) in [7, 11) is 0. The summed E-state index contributed by atoms with van der Waals surface area (Å²) in [5.41, 5.74) is 4.19. The minimum absolute atomic E-state index is 0.280. The number of piperazine rings is 1. The van der Waals surface area contributed by atoms with Crippen LogP contribution in [0.3, 0.4) is 0 Å². The number of thiophene rings is 1. The number of fused-ring (bicyclic) bond motifs is 1. The van der Waals surface area contributed by atoms with E-state index in [2.05, 4.69) is 40.6 Å². The van der Waals surface area contributed by atoms with E-state index in [1.807, 2.05) is 10.3 Å². The van der Waals surface area contributed by atoms with Gasteiger partial charge in [-0.05, 0) is 52.8 Å². The molecule has 0 saturated carbocycles. The third-order valence-electron chi connectivity index (χ3n) is 5.44. The van der Waals surface area contributed by atoms with Crippen LogP contribution >= 0.6 is 11.3 Å². The predicted molar refractivity (Wildman–Crippen MR) is 98.4 cm³/mol. The molecule has 0 N–H and O–H groups in total. The van der Waals surface area contributed by atoms with Gasteiger partial charge in [0.2, 0.25) is 5.91 Å². The van der Waals surface area contributed by atoms with Crippen molar-refractivity contribution in [2.45, 2.75) is 31.7 Å². The molecule has 4 heteroatoms. The molecule has 24 heavy (non-hydrogen) atoms. The lowest BCUT2D eigenvalue weighted by atomic mass is 9.87. The molecular weight excluding hydrogens is 316 g/mol. The molecule has 0 radical (unpaired) electrons. The maximum atomic E-state index is 12.4. The third kappa shape index (κ3) is 3.40. The van der Waals surface area contributed by atoms with Crippen LogP contribution in [0.5, 0.6) is 0 Å². The van der Waals surface area contributed by atoms with Gasteiger partial charge >= 0.3 is 0 Å². The van der Waals surface area contributed by atoms with Gasteiger partial charge in [-0.1, -0.05) is 24.3 Å². The average Bonchev–Trinajstić information content (AvgIpc) is 3.14. The SMILES string of the molecule is O=C(Cc1ccsc1)N1CCN(C2CCc3ccccc3C2)CC1. The Bertz CT molecular complexity index is 689. The van der Waals surface area contributed by atoms with Gasteiger partial charge in [-0.2, -0.15) is 11.3 Å². The molecule has 2 aliphatic rings. The van der Waals surface area contributed by atoms with Gasteiger partial charge in [0, 0.05) is 32.2 Å². The first-order valence-electron chi connectivity index (χ1n) is 8.89. The van der Waals surface area contributed by atoms with Crippen molar-refractivity contribution >= 4 is 17.2 Å². The smallest absolute Gasteiger partial charge is 0.227 e. The van der Waals surface area contributed by atoms with E-state index >= 15 is 0 Å². The van der Waals surface area contributed by atoms with Crippen molar-refractivity contribution in [1.29, 1.82) is 0 Å². The highest BCUT2D eigenvalue weighted by Crippen LogP contribution is 2.25. The second kappa shape index (κ2) is 7.08. The number of amides is 1. The highest BCUT2D eigenvalue weighted by atomic mass is 32.1. The Morgan fingerprint density at radius 1 is 1.08 bits per heavy atom. The van der Waals surface area contributed by atoms with E-state index < -0.39 is 0 Å². The van der Waals surface area contributed by atoms with Crippen molar-refractivity contribution in [2.75, 3.05) is 26.2 Å². The highest BCUT2D eigenvalue weighted by molar-refractivity contribution is 7.08. The number of rotatable bonds is 3. The fourth-order valence-corrected chi connectivity index (χ4v) is 4.67. The maximum absolute atomic E-state index is 12.4. The number of carbonyl (C=O) groups is 1. The lowest BCUT2D eigenvalue weighted by Crippen LogP contribution is -2.53. The molecule has 1 aliphatic heterocycles. The summed E-state index contributed by atoms with van der Waals surface area (Å²) in [5.74, 6) is 0.280. The molecule has 1 atom stereocenters. The van der Waals surface area contributed by atoms with Gasteiger partial charge in [-0.25, -0.2) is 0 Å². The lowest BCUT2D eigenvalue weighted by Gasteiger charge is -2.41. The van der Waals surface area contributed by atoms with Crippen molar-refractivity contribution < 1.29 is 4.79 Å². The Labute approximate surface area is 147 Å². The van der Waals surface area contributed by atoms with Crippen molar-refractivity contribution in [3.63, 3.8) is 0 Å². The summed E-state index contributed by atoms with van der Waals surface area (Å²) >= 11 is 1.66. The van der Waals surface area contributed by atoms with Crippen molar-refractivity contribution in [2.24, 2.45) is 0 Å². The summed E-state index contributed by atoms with van der Waals surface area (Å²) in [5, 5.41) is 4.12. The second-order valence-corrected chi connectivity index (χ2v) is 7.67. The molecule has 0 spiro atoms. The second-order valence-electron chi connectivity index (χ2n) is 6.89. The quantitative estimate of drug-likeness (QED) is 0.857. The Balaban J connectivity index is 1.31. The molecule has 4 rings (SSSR count). The number of nitrogens with zero attached hydrogens (tertiary/aromatic N) is 2. The molecule has 3 nitrogen and oxygen atoms in total. The predicted octanol–water partition coefficient (Wildman–Crippen LogP) is 2.99. The fraction of sp³-hybridized carbons (Fsp3) is 0.450. The Morgan fingerprint density at radius 2 is 1.88 bits per heavy atom. The average molecular weight is 340 g/mol. The molecule has 2 aromatic rings. The van der Waals surface area contributed by atoms with Gasteiger partial charge < -0.3 is 4.90 Å². The van der Waals surface area contributed by atoms with E-state index in [-0.39, 0.29) is 5.91 Å². The van der Waals surface area contributed by atoms with Gasteiger partial charge in [0.15, 0.2) is 0 Å². The fourth-order valence-electron chi connectivity index (χ4n) is 4.01. The van der Waals surface area contributed by atoms with E-state index in [1.54, 1.807) is 11.3 Å². The zero-order valence-corrected chi connectivity index (χ0v) is 14.8. The van der Waals surface area contributed by atoms with Crippen LogP contribution in [-0.2, 0) is 24.1 Å². The molecule has 1 amide bonds. The molecule has 0 bridgehead atoms. The molecule has 1 unspecified atom stereocenters. The van der Waals surface area contributed by atoms with E-state index in [9.17, 15) is 4.79 Å². The molecule has 1 fully saturated rings. The standard InChI is InChI=1S/C20H24N2OS/c23-20(13-16-7-12-24-15-16)22-10-8-21(9-11-22)19-6-5-17-3-1-2-4-18(17)14-19/h1-4,7,12,15,19H,5-6,8-11,13-14H2. The Morgan fingerprint density at radius 3 is 2.62 bits per heavy atom. The van der Waals surface area contributed by atoms with Crippen LogP contribution in [0, 0.1) is 0 Å². The summed E-state index contributed by atoms with van der Waals surface area (Å²) in [6, 6.07) is 11.6. The van der Waals surface area contributed by atoms with E-state index in [0.717, 1.165) is 31.7 Å². The molecule has 2 heterocycles. The van der Waals surface area contributed by atoms with Crippen LogP contribution in [0.4, 0.5) is 0 Å². The Hall–Kier alpha value is -1.65. The van der Waals surface area contributed by atoms with E-state index in [4.69, 9.17) is 0 Å². The van der Waals surface area contributed by atoms with Crippen LogP contribution in [0.25, 0.3) is 0 Å². The maximum Gasteiger partial charge on any atom is 0.227 e. The normalized spacial score (nSPS) is 21.5. The first-order chi connectivity index (χ1) is 11.8. The summed E-state index contributed by atoms with van der Waals surface area (Å²) < 4.78 is 0. The monoisotopic (exact) mass is 340 g/mol. The van der Waals surface area contributed by atoms with Crippen LogP contribution in [0.15, 0.2) is 41.1 Å². The number of hydrogen-bond donors (Lipinski definition) is 0. The van der Waals surface area contributed by atoms with Crippen molar-refractivity contribution in [3.05, 3.63) is 57.8 Å². The van der Waals surface area contributed by atoms with Crippen LogP contribution in [0.1, 0.15) is 23.1 Å². The van der Waals surface area contributed by atoms with Gasteiger partial charge in [-0.3, -0.25) is 9.69 Å². The first kappa shape index (κ1) is 15.9. The van der Waals surface area contributed by atoms with E-state index in [1.165, 1.54) is 30.4 Å². The molecule has 1 aliphatic carbocycles. The van der Waals surface area contributed by atoms with Crippen LogP contribution in [0.2, 0.25) is 0 Å². The number of aryl methyl sites for hydroxylation is 1. The van der Waals surface area contributed by atoms with Crippen LogP contribution < -0.4 is 0 Å². The zero-order chi connectivity index (χ0) is 16.4. The largest absolute Gasteiger partial charge is 0.340 e. The van der Waals surface area contributed by atoms with E-state index in [0.29, 0.717) is 12.5 Å². The van der Waals surface area contributed by atoms with Crippen molar-refractivity contribution in [1.82, 2.24) is 9.80 Å². The number of hydrogen-bond acceptors (Lipinski definition) is 3. The highest BCUT2D eigenvalue weighted by Gasteiger charge is 2.28. The topological polar surface area (TPSA) is 23.6 Å². The summed E-state index contributed by atoms with van der Waals surface area (Å²) in [6.07, 6.45) is 4.16. The van der Waals surface area contributed by atoms with Gasteiger partial charge in [-0.15, -0.1) is 0 Å². The van der Waals surface area contributed by atoms with Crippen LogP contribution in [-0.4, -0.2) is 47.9 Å². The number of carbonyl (C=O) groups excluding carboxylic acids is 1. The zero-order valence-electron chi connectivity index (χ0n) is 14.0. The molecular formula is C20H24N2OS. The molecule has 1 aromatic carbocycles. The Kier molecular flexibility index (Phi) is 4.67. The summed E-state index contributed by atoms with van der Waals surface area (Å²) in [4.78, 5) is 17.1. The van der Waals surface area contributed by atoms with Gasteiger partial charge in [0.05, 0.1) is 6.42 Å². The van der Waals surface area contributed by atoms with Crippen molar-refractivity contribution in [3.8, 4) is 0 Å². The molecule has 1 saturated heterocycles. The summed E-state index contributed by atoms with van der Waals surface area (Å²) in [6.45, 7) is 3.78. The third-order valence-corrected chi connectivity index (χ3v) is 6.17. The van der Waals surface area contributed by atoms with Gasteiger partial charge in [0.25, 0.3) is 0 Å². The first-order valence-corrected chi connectivity index (χ1v) is 9.83. The molecule has 126 valence electrons. The number of benzene rings is 1. The minimum atomic E-state index is 0.280.